The summed E-state index contributed by atoms with van der Waals surface area (Å²) in [6.45, 7) is 7.45. The Morgan fingerprint density at radius 3 is 2.88 bits per heavy atom. The van der Waals surface area contributed by atoms with E-state index in [4.69, 9.17) is 5.73 Å². The third-order valence-corrected chi connectivity index (χ3v) is 2.54. The van der Waals surface area contributed by atoms with Crippen LogP contribution in [0.1, 0.15) is 13.3 Å². The minimum absolute atomic E-state index is 0.406. The maximum Gasteiger partial charge on any atom is 0.248 e. The van der Waals surface area contributed by atoms with Gasteiger partial charge in [0, 0.05) is 12.1 Å². The fourth-order valence-corrected chi connectivity index (χ4v) is 1.58. The summed E-state index contributed by atoms with van der Waals surface area (Å²) >= 11 is 0. The van der Waals surface area contributed by atoms with Crippen LogP contribution < -0.4 is 11.1 Å². The summed E-state index contributed by atoms with van der Waals surface area (Å²) in [5.41, 5.74) is 8.29. The minimum Gasteiger partial charge on any atom is -0.366 e. The number of hydrogen-bond acceptors (Lipinski definition) is 2. The Bertz CT molecular complexity index is 375. The van der Waals surface area contributed by atoms with E-state index in [1.54, 1.807) is 18.2 Å². The molecule has 0 fully saturated rings. The van der Waals surface area contributed by atoms with Gasteiger partial charge in [0.2, 0.25) is 5.91 Å². The number of rotatable bonds is 4. The predicted octanol–water partition coefficient (Wildman–Crippen LogP) is 1.45. The van der Waals surface area contributed by atoms with E-state index in [0.717, 1.165) is 19.5 Å². The molecule has 1 amide bonds. The monoisotopic (exact) mass is 218 g/mol. The van der Waals surface area contributed by atoms with Gasteiger partial charge in [0.05, 0.1) is 0 Å². The summed E-state index contributed by atoms with van der Waals surface area (Å²) in [6, 6.07) is 0. The SMILES string of the molecule is C=C/C=C/C(=C\C1=C(C)CNCC1)C(N)=O. The average Bonchev–Trinajstić information content (AvgIpc) is 2.26. The van der Waals surface area contributed by atoms with Gasteiger partial charge in [-0.15, -0.1) is 0 Å². The molecule has 0 bridgehead atoms. The summed E-state index contributed by atoms with van der Waals surface area (Å²) in [6.07, 6.45) is 7.84. The Morgan fingerprint density at radius 2 is 2.31 bits per heavy atom. The van der Waals surface area contributed by atoms with Gasteiger partial charge in [-0.2, -0.15) is 0 Å². The van der Waals surface area contributed by atoms with Crippen molar-refractivity contribution in [3.63, 3.8) is 0 Å². The lowest BCUT2D eigenvalue weighted by atomic mass is 9.99. The number of hydrogen-bond donors (Lipinski definition) is 2. The summed E-state index contributed by atoms with van der Waals surface area (Å²) < 4.78 is 0. The number of carbonyl (C=O) groups is 1. The second-order valence-corrected chi connectivity index (χ2v) is 3.79. The number of amides is 1. The van der Waals surface area contributed by atoms with Crippen molar-refractivity contribution in [3.8, 4) is 0 Å². The maximum absolute atomic E-state index is 11.2. The molecule has 0 aliphatic carbocycles. The minimum atomic E-state index is -0.406. The highest BCUT2D eigenvalue weighted by Crippen LogP contribution is 2.15. The van der Waals surface area contributed by atoms with Crippen LogP contribution in [0.15, 0.2) is 47.6 Å². The molecule has 0 saturated carbocycles. The van der Waals surface area contributed by atoms with E-state index in [-0.39, 0.29) is 0 Å². The van der Waals surface area contributed by atoms with Crippen LogP contribution in [0.5, 0.6) is 0 Å². The molecule has 3 N–H and O–H groups in total. The zero-order chi connectivity index (χ0) is 12.0. The van der Waals surface area contributed by atoms with E-state index >= 15 is 0 Å². The van der Waals surface area contributed by atoms with E-state index in [2.05, 4.69) is 18.8 Å². The Balaban J connectivity index is 2.96. The van der Waals surface area contributed by atoms with Crippen molar-refractivity contribution in [2.45, 2.75) is 13.3 Å². The van der Waals surface area contributed by atoms with Gasteiger partial charge >= 0.3 is 0 Å². The summed E-state index contributed by atoms with van der Waals surface area (Å²) in [5, 5.41) is 3.27. The Kier molecular flexibility index (Phi) is 4.73. The molecule has 1 rings (SSSR count). The zero-order valence-corrected chi connectivity index (χ0v) is 9.62. The number of carbonyl (C=O) groups excluding carboxylic acids is 1. The zero-order valence-electron chi connectivity index (χ0n) is 9.62. The molecular weight excluding hydrogens is 200 g/mol. The number of nitrogens with one attached hydrogen (secondary N) is 1. The molecule has 16 heavy (non-hydrogen) atoms. The Labute approximate surface area is 96.4 Å². The molecule has 0 unspecified atom stereocenters. The smallest absolute Gasteiger partial charge is 0.248 e. The lowest BCUT2D eigenvalue weighted by Gasteiger charge is -2.16. The van der Waals surface area contributed by atoms with Gasteiger partial charge < -0.3 is 11.1 Å². The quantitative estimate of drug-likeness (QED) is 0.554. The lowest BCUT2D eigenvalue weighted by Crippen LogP contribution is -2.24. The first-order valence-corrected chi connectivity index (χ1v) is 5.35. The van der Waals surface area contributed by atoms with Crippen LogP contribution in [0, 0.1) is 0 Å². The van der Waals surface area contributed by atoms with Crippen molar-refractivity contribution in [3.05, 3.63) is 47.6 Å². The van der Waals surface area contributed by atoms with E-state index in [1.165, 1.54) is 11.1 Å². The molecular formula is C13H18N2O. The van der Waals surface area contributed by atoms with Gasteiger partial charge in [0.15, 0.2) is 0 Å². The largest absolute Gasteiger partial charge is 0.366 e. The highest BCUT2D eigenvalue weighted by Gasteiger charge is 2.08. The number of primary amides is 1. The van der Waals surface area contributed by atoms with Crippen LogP contribution >= 0.6 is 0 Å². The molecule has 1 heterocycles. The fourth-order valence-electron chi connectivity index (χ4n) is 1.58. The molecule has 3 nitrogen and oxygen atoms in total. The van der Waals surface area contributed by atoms with Crippen LogP contribution in [0.4, 0.5) is 0 Å². The van der Waals surface area contributed by atoms with Gasteiger partial charge in [-0.1, -0.05) is 24.3 Å². The normalized spacial score (nSPS) is 17.9. The standard InChI is InChI=1S/C13H18N2O/c1-3-4-5-12(13(14)16)8-11-6-7-15-9-10(11)2/h3-5,8,15H,1,6-7,9H2,2H3,(H2,14,16)/b5-4+,12-8+. The van der Waals surface area contributed by atoms with Crippen molar-refractivity contribution in [1.29, 1.82) is 0 Å². The third kappa shape index (κ3) is 3.51. The summed E-state index contributed by atoms with van der Waals surface area (Å²) in [4.78, 5) is 11.2. The molecule has 0 radical (unpaired) electrons. The highest BCUT2D eigenvalue weighted by atomic mass is 16.1. The van der Waals surface area contributed by atoms with Crippen molar-refractivity contribution in [2.24, 2.45) is 5.73 Å². The van der Waals surface area contributed by atoms with Crippen molar-refractivity contribution in [2.75, 3.05) is 13.1 Å². The fraction of sp³-hybridized carbons (Fsp3) is 0.308. The Hall–Kier alpha value is -1.61. The van der Waals surface area contributed by atoms with Crippen molar-refractivity contribution < 1.29 is 4.79 Å². The van der Waals surface area contributed by atoms with E-state index < -0.39 is 5.91 Å². The summed E-state index contributed by atoms with van der Waals surface area (Å²) in [5.74, 6) is -0.406. The lowest BCUT2D eigenvalue weighted by molar-refractivity contribution is -0.114. The predicted molar refractivity (Wildman–Crippen MR) is 66.8 cm³/mol. The topological polar surface area (TPSA) is 55.1 Å². The second-order valence-electron chi connectivity index (χ2n) is 3.79. The molecule has 1 aliphatic rings. The molecule has 0 aromatic carbocycles. The van der Waals surface area contributed by atoms with Gasteiger partial charge in [-0.05, 0) is 37.6 Å². The summed E-state index contributed by atoms with van der Waals surface area (Å²) in [7, 11) is 0. The number of nitrogens with two attached hydrogens (primary N) is 1. The molecule has 3 heteroatoms. The van der Waals surface area contributed by atoms with Crippen LogP contribution in [0.25, 0.3) is 0 Å². The van der Waals surface area contributed by atoms with Crippen LogP contribution in [0.3, 0.4) is 0 Å². The van der Waals surface area contributed by atoms with E-state index in [0.29, 0.717) is 5.57 Å². The molecule has 0 aromatic heterocycles. The van der Waals surface area contributed by atoms with Crippen LogP contribution in [0.2, 0.25) is 0 Å². The van der Waals surface area contributed by atoms with Crippen LogP contribution in [-0.2, 0) is 4.79 Å². The van der Waals surface area contributed by atoms with Gasteiger partial charge in [-0.25, -0.2) is 0 Å². The number of allylic oxidation sites excluding steroid dienone is 3. The molecule has 0 aromatic rings. The van der Waals surface area contributed by atoms with Gasteiger partial charge in [-0.3, -0.25) is 4.79 Å². The maximum atomic E-state index is 11.2. The first-order valence-electron chi connectivity index (χ1n) is 5.35. The molecule has 0 spiro atoms. The first kappa shape index (κ1) is 12.5. The van der Waals surface area contributed by atoms with Gasteiger partial charge in [0.1, 0.15) is 0 Å². The Morgan fingerprint density at radius 1 is 1.56 bits per heavy atom. The first-order chi connectivity index (χ1) is 7.65. The third-order valence-electron chi connectivity index (χ3n) is 2.54. The van der Waals surface area contributed by atoms with E-state index in [1.807, 2.05) is 6.08 Å². The van der Waals surface area contributed by atoms with E-state index in [9.17, 15) is 4.79 Å². The van der Waals surface area contributed by atoms with Crippen molar-refractivity contribution in [1.82, 2.24) is 5.32 Å². The molecule has 1 aliphatic heterocycles. The highest BCUT2D eigenvalue weighted by molar-refractivity contribution is 5.95. The molecule has 0 atom stereocenters. The average molecular weight is 218 g/mol. The van der Waals surface area contributed by atoms with Crippen LogP contribution in [-0.4, -0.2) is 19.0 Å². The van der Waals surface area contributed by atoms with Crippen molar-refractivity contribution >= 4 is 5.91 Å². The van der Waals surface area contributed by atoms with Gasteiger partial charge in [0.25, 0.3) is 0 Å². The molecule has 86 valence electrons. The second kappa shape index (κ2) is 6.08. The molecule has 0 saturated heterocycles.